The van der Waals surface area contributed by atoms with E-state index in [2.05, 4.69) is 46.5 Å². The van der Waals surface area contributed by atoms with Crippen molar-refractivity contribution in [3.05, 3.63) is 72.6 Å². The lowest BCUT2D eigenvalue weighted by molar-refractivity contribution is -0.668. The lowest BCUT2D eigenvalue weighted by Gasteiger charge is -2.02. The van der Waals surface area contributed by atoms with E-state index in [-0.39, 0.29) is 0 Å². The highest BCUT2D eigenvalue weighted by Crippen LogP contribution is 2.15. The number of H-pyrrole nitrogens is 1. The highest BCUT2D eigenvalue weighted by atomic mass is 16.5. The minimum Gasteiger partial charge on any atom is -0.497 e. The van der Waals surface area contributed by atoms with Gasteiger partial charge in [-0.3, -0.25) is 0 Å². The van der Waals surface area contributed by atoms with Crippen LogP contribution in [0.5, 0.6) is 5.75 Å². The topological polar surface area (TPSA) is 28.9 Å². The van der Waals surface area contributed by atoms with Crippen LogP contribution in [0.2, 0.25) is 0 Å². The zero-order chi connectivity index (χ0) is 14.7. The highest BCUT2D eigenvalue weighted by Gasteiger charge is 2.17. The van der Waals surface area contributed by atoms with Crippen LogP contribution in [0.15, 0.2) is 61.2 Å². The molecule has 3 rings (SSSR count). The third kappa shape index (κ3) is 2.68. The molecular weight excluding hydrogens is 260 g/mol. The maximum absolute atomic E-state index is 5.20. The first-order valence-electron chi connectivity index (χ1n) is 7.05. The number of allylic oxidation sites excluding steroid dienone is 1. The molecule has 1 heterocycles. The molecule has 0 fully saturated rings. The zero-order valence-electron chi connectivity index (χ0n) is 12.2. The van der Waals surface area contributed by atoms with Crippen molar-refractivity contribution in [1.82, 2.24) is 4.98 Å². The number of methoxy groups -OCH3 is 1. The fourth-order valence-electron chi connectivity index (χ4n) is 2.60. The van der Waals surface area contributed by atoms with Crippen molar-refractivity contribution in [2.45, 2.75) is 13.0 Å². The smallest absolute Gasteiger partial charge is 0.259 e. The molecule has 3 heteroatoms. The predicted octanol–water partition coefficient (Wildman–Crippen LogP) is 3.24. The maximum atomic E-state index is 5.20. The van der Waals surface area contributed by atoms with Crippen molar-refractivity contribution < 1.29 is 9.30 Å². The largest absolute Gasteiger partial charge is 0.497 e. The first kappa shape index (κ1) is 13.4. The lowest BCUT2D eigenvalue weighted by atomic mass is 10.1. The Morgan fingerprint density at radius 2 is 1.90 bits per heavy atom. The van der Waals surface area contributed by atoms with Crippen LogP contribution in [0.4, 0.5) is 0 Å². The molecule has 3 aromatic rings. The molecule has 0 amide bonds. The summed E-state index contributed by atoms with van der Waals surface area (Å²) in [7, 11) is 1.69. The summed E-state index contributed by atoms with van der Waals surface area (Å²) in [5, 5.41) is 0. The van der Waals surface area contributed by atoms with Crippen LogP contribution in [0.3, 0.4) is 0 Å². The molecule has 0 bridgehead atoms. The molecular formula is C18H19N2O+. The Bertz CT molecular complexity index is 756. The van der Waals surface area contributed by atoms with E-state index >= 15 is 0 Å². The minimum atomic E-state index is 0.801. The predicted molar refractivity (Wildman–Crippen MR) is 84.5 cm³/mol. The van der Waals surface area contributed by atoms with Crippen molar-refractivity contribution >= 4 is 11.0 Å². The molecule has 0 radical (unpaired) electrons. The number of benzene rings is 2. The summed E-state index contributed by atoms with van der Waals surface area (Å²) < 4.78 is 7.47. The Labute approximate surface area is 124 Å². The molecule has 0 spiro atoms. The van der Waals surface area contributed by atoms with E-state index in [0.717, 1.165) is 24.2 Å². The molecule has 0 atom stereocenters. The Hall–Kier alpha value is -2.55. The molecule has 0 unspecified atom stereocenters. The van der Waals surface area contributed by atoms with Crippen LogP contribution in [0, 0.1) is 0 Å². The number of nitrogens with one attached hydrogen (secondary N) is 1. The average Bonchev–Trinajstić information content (AvgIpc) is 2.86. The number of hydrogen-bond donors (Lipinski definition) is 1. The molecule has 2 aromatic carbocycles. The van der Waals surface area contributed by atoms with Gasteiger partial charge in [0.2, 0.25) is 0 Å². The van der Waals surface area contributed by atoms with Crippen molar-refractivity contribution in [2.75, 3.05) is 7.11 Å². The van der Waals surface area contributed by atoms with E-state index in [1.165, 1.54) is 16.9 Å². The molecule has 3 nitrogen and oxygen atoms in total. The summed E-state index contributed by atoms with van der Waals surface area (Å²) in [4.78, 5) is 3.51. The minimum absolute atomic E-state index is 0.801. The first-order chi connectivity index (χ1) is 10.3. The molecule has 0 aliphatic heterocycles. The standard InChI is InChI=1S/C18H18N2O/c1-3-12-20-17-7-5-4-6-16(17)19-18(20)13-14-8-10-15(21-2)11-9-14/h3-11H,1,12-13H2,2H3/p+1. The van der Waals surface area contributed by atoms with Crippen LogP contribution in [0.1, 0.15) is 11.4 Å². The van der Waals surface area contributed by atoms with E-state index in [0.29, 0.717) is 0 Å². The highest BCUT2D eigenvalue weighted by molar-refractivity contribution is 5.71. The van der Waals surface area contributed by atoms with Gasteiger partial charge in [0.15, 0.2) is 11.0 Å². The van der Waals surface area contributed by atoms with E-state index in [1.807, 2.05) is 24.3 Å². The van der Waals surface area contributed by atoms with Crippen LogP contribution in [0.25, 0.3) is 11.0 Å². The van der Waals surface area contributed by atoms with Crippen LogP contribution >= 0.6 is 0 Å². The first-order valence-corrected chi connectivity index (χ1v) is 7.05. The Balaban J connectivity index is 1.98. The molecule has 1 aromatic heterocycles. The third-order valence-electron chi connectivity index (χ3n) is 3.64. The number of hydrogen-bond acceptors (Lipinski definition) is 1. The summed E-state index contributed by atoms with van der Waals surface area (Å²) >= 11 is 0. The average molecular weight is 279 g/mol. The molecule has 21 heavy (non-hydrogen) atoms. The second-order valence-electron chi connectivity index (χ2n) is 5.01. The number of aromatic nitrogens is 2. The lowest BCUT2D eigenvalue weighted by Crippen LogP contribution is -2.36. The van der Waals surface area contributed by atoms with Crippen LogP contribution in [-0.2, 0) is 13.0 Å². The van der Waals surface area contributed by atoms with Gasteiger partial charge in [-0.15, -0.1) is 0 Å². The number of nitrogens with zero attached hydrogens (tertiary/aromatic N) is 1. The van der Waals surface area contributed by atoms with E-state index < -0.39 is 0 Å². The van der Waals surface area contributed by atoms with Gasteiger partial charge in [-0.05, 0) is 29.8 Å². The van der Waals surface area contributed by atoms with Gasteiger partial charge in [0.05, 0.1) is 13.5 Å². The molecule has 0 saturated carbocycles. The van der Waals surface area contributed by atoms with Gasteiger partial charge in [0.1, 0.15) is 12.3 Å². The van der Waals surface area contributed by atoms with E-state index in [1.54, 1.807) is 7.11 Å². The van der Waals surface area contributed by atoms with Crippen molar-refractivity contribution in [2.24, 2.45) is 0 Å². The SMILES string of the molecule is C=CC[n+]1c(Cc2ccc(OC)cc2)[nH]c2ccccc21. The quantitative estimate of drug-likeness (QED) is 0.564. The number of fused-ring (bicyclic) bond motifs is 1. The van der Waals surface area contributed by atoms with Gasteiger partial charge in [-0.1, -0.05) is 36.9 Å². The molecule has 1 N–H and O–H groups in total. The number of rotatable bonds is 5. The molecule has 0 aliphatic rings. The Morgan fingerprint density at radius 3 is 2.62 bits per heavy atom. The molecule has 0 saturated heterocycles. The fourth-order valence-corrected chi connectivity index (χ4v) is 2.60. The number of imidazole rings is 1. The summed E-state index contributed by atoms with van der Waals surface area (Å²) in [6.07, 6.45) is 2.78. The number of ether oxygens (including phenoxy) is 1. The van der Waals surface area contributed by atoms with E-state index in [9.17, 15) is 0 Å². The normalized spacial score (nSPS) is 10.7. The van der Waals surface area contributed by atoms with Crippen LogP contribution < -0.4 is 9.30 Å². The second kappa shape index (κ2) is 5.83. The third-order valence-corrected chi connectivity index (χ3v) is 3.64. The van der Waals surface area contributed by atoms with Crippen molar-refractivity contribution in [3.63, 3.8) is 0 Å². The zero-order valence-corrected chi connectivity index (χ0v) is 12.2. The second-order valence-corrected chi connectivity index (χ2v) is 5.01. The maximum Gasteiger partial charge on any atom is 0.259 e. The molecule has 106 valence electrons. The summed E-state index contributed by atoms with van der Waals surface area (Å²) in [6, 6.07) is 16.5. The monoisotopic (exact) mass is 279 g/mol. The van der Waals surface area contributed by atoms with Crippen molar-refractivity contribution in [1.29, 1.82) is 0 Å². The fraction of sp³-hybridized carbons (Fsp3) is 0.167. The van der Waals surface area contributed by atoms with Gasteiger partial charge in [0.25, 0.3) is 5.82 Å². The van der Waals surface area contributed by atoms with E-state index in [4.69, 9.17) is 4.74 Å². The van der Waals surface area contributed by atoms with Crippen LogP contribution in [-0.4, -0.2) is 12.1 Å². The summed E-state index contributed by atoms with van der Waals surface area (Å²) in [5.74, 6) is 2.07. The molecule has 0 aliphatic carbocycles. The number of aromatic amines is 1. The van der Waals surface area contributed by atoms with Crippen molar-refractivity contribution in [3.8, 4) is 5.75 Å². The van der Waals surface area contributed by atoms with Gasteiger partial charge in [0, 0.05) is 0 Å². The van der Waals surface area contributed by atoms with Gasteiger partial charge >= 0.3 is 0 Å². The Morgan fingerprint density at radius 1 is 1.14 bits per heavy atom. The van der Waals surface area contributed by atoms with Gasteiger partial charge in [-0.2, -0.15) is 0 Å². The van der Waals surface area contributed by atoms with Gasteiger partial charge in [-0.25, -0.2) is 9.55 Å². The Kier molecular flexibility index (Phi) is 3.73. The summed E-state index contributed by atoms with van der Waals surface area (Å²) in [6.45, 7) is 4.66. The van der Waals surface area contributed by atoms with Gasteiger partial charge < -0.3 is 4.74 Å². The summed E-state index contributed by atoms with van der Waals surface area (Å²) in [5.41, 5.74) is 3.61. The number of para-hydroxylation sites is 2.